The van der Waals surface area contributed by atoms with E-state index in [1.54, 1.807) is 0 Å². The molecule has 2 rings (SSSR count). The van der Waals surface area contributed by atoms with Crippen LogP contribution in [0.5, 0.6) is 5.75 Å². The Labute approximate surface area is 117 Å². The third-order valence-electron chi connectivity index (χ3n) is 3.84. The average molecular weight is 282 g/mol. The molecule has 1 fully saturated rings. The minimum Gasteiger partial charge on any atom is -0.504 e. The van der Waals surface area contributed by atoms with Gasteiger partial charge in [-0.25, -0.2) is 9.18 Å². The minimum atomic E-state index is -0.813. The van der Waals surface area contributed by atoms with Crippen LogP contribution >= 0.6 is 0 Å². The molecule has 1 aromatic rings. The van der Waals surface area contributed by atoms with Crippen molar-refractivity contribution < 1.29 is 19.0 Å². The molecule has 20 heavy (non-hydrogen) atoms. The lowest BCUT2D eigenvalue weighted by molar-refractivity contribution is 0.0596. The van der Waals surface area contributed by atoms with E-state index in [0.717, 1.165) is 13.0 Å². The Kier molecular flexibility index (Phi) is 4.25. The van der Waals surface area contributed by atoms with E-state index >= 15 is 0 Å². The maximum atomic E-state index is 13.8. The molecule has 0 radical (unpaired) electrons. The number of carbonyl (C=O) groups is 1. The van der Waals surface area contributed by atoms with Crippen molar-refractivity contribution in [2.75, 3.05) is 27.2 Å². The number of halogens is 1. The number of rotatable bonds is 3. The first kappa shape index (κ1) is 14.7. The van der Waals surface area contributed by atoms with Gasteiger partial charge in [-0.2, -0.15) is 0 Å². The molecule has 3 N–H and O–H groups in total. The van der Waals surface area contributed by atoms with Crippen molar-refractivity contribution in [3.63, 3.8) is 0 Å². The summed E-state index contributed by atoms with van der Waals surface area (Å²) >= 11 is 0. The lowest BCUT2D eigenvalue weighted by Gasteiger charge is -2.20. The van der Waals surface area contributed by atoms with E-state index in [0.29, 0.717) is 18.0 Å². The topological polar surface area (TPSA) is 75.8 Å². The van der Waals surface area contributed by atoms with Gasteiger partial charge in [0.05, 0.1) is 7.11 Å². The van der Waals surface area contributed by atoms with Crippen LogP contribution in [-0.4, -0.2) is 43.2 Å². The summed E-state index contributed by atoms with van der Waals surface area (Å²) in [6, 6.07) is 2.74. The van der Waals surface area contributed by atoms with Crippen LogP contribution in [0, 0.1) is 11.7 Å². The van der Waals surface area contributed by atoms with Crippen molar-refractivity contribution in [2.24, 2.45) is 11.7 Å². The molecular weight excluding hydrogens is 263 g/mol. The number of hydrogen-bond acceptors (Lipinski definition) is 5. The standard InChI is InChI=1S/C14H19FN2O3/c1-17-7-8(6-16)3-12(17)9-4-10(14(19)20-2)13(18)11(15)5-9/h4-5,8,12,18H,3,6-7,16H2,1-2H3. The quantitative estimate of drug-likeness (QED) is 0.817. The summed E-state index contributed by atoms with van der Waals surface area (Å²) in [5.74, 6) is -1.88. The summed E-state index contributed by atoms with van der Waals surface area (Å²) in [5.41, 5.74) is 6.18. The molecule has 2 atom stereocenters. The Morgan fingerprint density at radius 2 is 2.30 bits per heavy atom. The van der Waals surface area contributed by atoms with Crippen LogP contribution in [0.2, 0.25) is 0 Å². The fourth-order valence-corrected chi connectivity index (χ4v) is 2.74. The number of hydrogen-bond donors (Lipinski definition) is 2. The molecule has 110 valence electrons. The van der Waals surface area contributed by atoms with Gasteiger partial charge in [-0.15, -0.1) is 0 Å². The van der Waals surface area contributed by atoms with E-state index in [9.17, 15) is 14.3 Å². The van der Waals surface area contributed by atoms with E-state index in [2.05, 4.69) is 9.64 Å². The molecule has 5 nitrogen and oxygen atoms in total. The molecule has 0 spiro atoms. The zero-order valence-electron chi connectivity index (χ0n) is 11.6. The first-order chi connectivity index (χ1) is 9.47. The van der Waals surface area contributed by atoms with Crippen LogP contribution in [0.15, 0.2) is 12.1 Å². The molecule has 0 bridgehead atoms. The van der Waals surface area contributed by atoms with Gasteiger partial charge < -0.3 is 15.6 Å². The number of nitrogens with zero attached hydrogens (tertiary/aromatic N) is 1. The first-order valence-electron chi connectivity index (χ1n) is 6.49. The lowest BCUT2D eigenvalue weighted by atomic mass is 9.97. The predicted molar refractivity (Wildman–Crippen MR) is 71.9 cm³/mol. The van der Waals surface area contributed by atoms with E-state index in [4.69, 9.17) is 5.73 Å². The van der Waals surface area contributed by atoms with E-state index in [1.807, 2.05) is 7.05 Å². The number of esters is 1. The summed E-state index contributed by atoms with van der Waals surface area (Å²) in [4.78, 5) is 13.6. The highest BCUT2D eigenvalue weighted by Gasteiger charge is 2.31. The van der Waals surface area contributed by atoms with Crippen LogP contribution in [0.4, 0.5) is 4.39 Å². The molecule has 0 aliphatic carbocycles. The summed E-state index contributed by atoms with van der Waals surface area (Å²) < 4.78 is 18.4. The molecule has 0 saturated carbocycles. The number of carbonyl (C=O) groups excluding carboxylic acids is 1. The second-order valence-corrected chi connectivity index (χ2v) is 5.18. The third kappa shape index (κ3) is 2.62. The van der Waals surface area contributed by atoms with Crippen molar-refractivity contribution in [1.29, 1.82) is 0 Å². The van der Waals surface area contributed by atoms with Gasteiger partial charge in [0.15, 0.2) is 11.6 Å². The van der Waals surface area contributed by atoms with Crippen molar-refractivity contribution in [2.45, 2.75) is 12.5 Å². The van der Waals surface area contributed by atoms with E-state index in [-0.39, 0.29) is 11.6 Å². The van der Waals surface area contributed by atoms with Crippen molar-refractivity contribution in [3.8, 4) is 5.75 Å². The number of phenolic OH excluding ortho intramolecular Hbond substituents is 1. The first-order valence-corrected chi connectivity index (χ1v) is 6.49. The fraction of sp³-hybridized carbons (Fsp3) is 0.500. The number of aromatic hydroxyl groups is 1. The highest BCUT2D eigenvalue weighted by molar-refractivity contribution is 5.92. The van der Waals surface area contributed by atoms with Crippen molar-refractivity contribution >= 4 is 5.97 Å². The molecule has 1 heterocycles. The van der Waals surface area contributed by atoms with E-state index in [1.165, 1.54) is 19.2 Å². The molecule has 6 heteroatoms. The Morgan fingerprint density at radius 3 is 2.85 bits per heavy atom. The smallest absolute Gasteiger partial charge is 0.341 e. The summed E-state index contributed by atoms with van der Waals surface area (Å²) in [6.45, 7) is 1.41. The lowest BCUT2D eigenvalue weighted by Crippen LogP contribution is -2.21. The number of benzene rings is 1. The predicted octanol–water partition coefficient (Wildman–Crippen LogP) is 1.27. The summed E-state index contributed by atoms with van der Waals surface area (Å²) in [5, 5.41) is 9.62. The number of phenols is 1. The SMILES string of the molecule is COC(=O)c1cc(C2CC(CN)CN2C)cc(F)c1O. The maximum absolute atomic E-state index is 13.8. The van der Waals surface area contributed by atoms with Crippen molar-refractivity contribution in [1.82, 2.24) is 4.90 Å². The van der Waals surface area contributed by atoms with Crippen LogP contribution < -0.4 is 5.73 Å². The maximum Gasteiger partial charge on any atom is 0.341 e. The van der Waals surface area contributed by atoms with Crippen LogP contribution in [0.25, 0.3) is 0 Å². The van der Waals surface area contributed by atoms with Gasteiger partial charge in [-0.3, -0.25) is 4.90 Å². The van der Waals surface area contributed by atoms with Gasteiger partial charge in [0.25, 0.3) is 0 Å². The second-order valence-electron chi connectivity index (χ2n) is 5.18. The Bertz CT molecular complexity index is 521. The molecule has 2 unspecified atom stereocenters. The van der Waals surface area contributed by atoms with Gasteiger partial charge in [-0.05, 0) is 43.6 Å². The van der Waals surface area contributed by atoms with Crippen LogP contribution in [0.3, 0.4) is 0 Å². The normalized spacial score (nSPS) is 23.0. The molecule has 1 aromatic carbocycles. The summed E-state index contributed by atoms with van der Waals surface area (Å²) in [7, 11) is 3.13. The van der Waals surface area contributed by atoms with Gasteiger partial charge in [0.1, 0.15) is 5.56 Å². The van der Waals surface area contributed by atoms with Crippen molar-refractivity contribution in [3.05, 3.63) is 29.1 Å². The van der Waals surface area contributed by atoms with Crippen LogP contribution in [0.1, 0.15) is 28.4 Å². The highest BCUT2D eigenvalue weighted by atomic mass is 19.1. The Morgan fingerprint density at radius 1 is 1.60 bits per heavy atom. The van der Waals surface area contributed by atoms with Gasteiger partial charge in [0, 0.05) is 12.6 Å². The Hall–Kier alpha value is -1.66. The zero-order chi connectivity index (χ0) is 14.9. The molecule has 0 aromatic heterocycles. The molecule has 1 aliphatic rings. The van der Waals surface area contributed by atoms with Crippen LogP contribution in [-0.2, 0) is 4.74 Å². The number of nitrogens with two attached hydrogens (primary N) is 1. The molecular formula is C14H19FN2O3. The third-order valence-corrected chi connectivity index (χ3v) is 3.84. The largest absolute Gasteiger partial charge is 0.504 e. The average Bonchev–Trinajstić information content (AvgIpc) is 2.82. The number of ether oxygens (including phenoxy) is 1. The van der Waals surface area contributed by atoms with E-state index < -0.39 is 17.5 Å². The monoisotopic (exact) mass is 282 g/mol. The summed E-state index contributed by atoms with van der Waals surface area (Å²) in [6.07, 6.45) is 0.803. The fourth-order valence-electron chi connectivity index (χ4n) is 2.74. The zero-order valence-corrected chi connectivity index (χ0v) is 11.6. The van der Waals surface area contributed by atoms with Gasteiger partial charge in [0.2, 0.25) is 0 Å². The highest BCUT2D eigenvalue weighted by Crippen LogP contribution is 2.36. The minimum absolute atomic E-state index is 0.0120. The number of likely N-dealkylation sites (tertiary alicyclic amines) is 1. The molecule has 0 amide bonds. The molecule has 1 saturated heterocycles. The Balaban J connectivity index is 2.38. The molecule has 1 aliphatic heterocycles. The van der Waals surface area contributed by atoms with Gasteiger partial charge in [-0.1, -0.05) is 0 Å². The second kappa shape index (κ2) is 5.76. The van der Waals surface area contributed by atoms with Gasteiger partial charge >= 0.3 is 5.97 Å². The number of methoxy groups -OCH3 is 1.